The molecule has 5 aromatic carbocycles. The van der Waals surface area contributed by atoms with Gasteiger partial charge in [-0.1, -0.05) is 52.0 Å². The van der Waals surface area contributed by atoms with Crippen molar-refractivity contribution in [3.8, 4) is 22.3 Å². The summed E-state index contributed by atoms with van der Waals surface area (Å²) in [5.74, 6) is 0. The normalized spacial score (nSPS) is 19.6. The van der Waals surface area contributed by atoms with Gasteiger partial charge in [-0.2, -0.15) is 0 Å². The molecule has 0 radical (unpaired) electrons. The summed E-state index contributed by atoms with van der Waals surface area (Å²) in [4.78, 5) is 5.17. The van der Waals surface area contributed by atoms with Gasteiger partial charge < -0.3 is 9.80 Å². The van der Waals surface area contributed by atoms with Gasteiger partial charge in [-0.3, -0.25) is 0 Å². The Labute approximate surface area is 262 Å². The molecule has 2 fully saturated rings. The SMILES string of the molecule is CC1(C)c2cc3cc(N4CCCCC4)ccc3cc2-c2ccc3c(c21)C(C)(C)c1cc2cc(N4CCCCC4)ccc2cc1-3. The summed E-state index contributed by atoms with van der Waals surface area (Å²) < 4.78 is 0. The molecular weight excluding hydrogens is 532 g/mol. The highest BCUT2D eigenvalue weighted by atomic mass is 15.1. The molecule has 0 bridgehead atoms. The lowest BCUT2D eigenvalue weighted by Gasteiger charge is -2.31. The molecule has 2 aliphatic heterocycles. The van der Waals surface area contributed by atoms with Crippen molar-refractivity contribution >= 4 is 32.9 Å². The van der Waals surface area contributed by atoms with Gasteiger partial charge in [-0.15, -0.1) is 0 Å². The van der Waals surface area contributed by atoms with Crippen LogP contribution in [0.5, 0.6) is 0 Å². The van der Waals surface area contributed by atoms with Crippen molar-refractivity contribution in [1.82, 2.24) is 0 Å². The molecular formula is C42H44N2. The molecule has 4 aliphatic rings. The lowest BCUT2D eigenvalue weighted by atomic mass is 9.72. The van der Waals surface area contributed by atoms with Crippen LogP contribution in [0.1, 0.15) is 88.5 Å². The van der Waals surface area contributed by atoms with Crippen LogP contribution in [-0.2, 0) is 10.8 Å². The lowest BCUT2D eigenvalue weighted by molar-refractivity contribution is 0.578. The molecule has 0 spiro atoms. The van der Waals surface area contributed by atoms with Crippen LogP contribution in [0.15, 0.2) is 72.8 Å². The maximum Gasteiger partial charge on any atom is 0.0372 e. The maximum absolute atomic E-state index is 2.59. The predicted molar refractivity (Wildman–Crippen MR) is 189 cm³/mol. The van der Waals surface area contributed by atoms with E-state index in [2.05, 4.69) is 110 Å². The van der Waals surface area contributed by atoms with Gasteiger partial charge in [0.05, 0.1) is 0 Å². The molecule has 0 amide bonds. The van der Waals surface area contributed by atoms with Gasteiger partial charge in [0.1, 0.15) is 0 Å². The summed E-state index contributed by atoms with van der Waals surface area (Å²) in [5.41, 5.74) is 14.4. The lowest BCUT2D eigenvalue weighted by Crippen LogP contribution is -2.29. The summed E-state index contributed by atoms with van der Waals surface area (Å²) in [6, 6.07) is 29.2. The largest absolute Gasteiger partial charge is 0.372 e. The van der Waals surface area contributed by atoms with E-state index in [4.69, 9.17) is 0 Å². The molecule has 2 nitrogen and oxygen atoms in total. The van der Waals surface area contributed by atoms with Gasteiger partial charge in [0, 0.05) is 48.4 Å². The highest BCUT2D eigenvalue weighted by Crippen LogP contribution is 2.59. The summed E-state index contributed by atoms with van der Waals surface area (Å²) in [5, 5.41) is 5.46. The smallest absolute Gasteiger partial charge is 0.0372 e. The Morgan fingerprint density at radius 2 is 0.818 bits per heavy atom. The molecule has 0 unspecified atom stereocenters. The molecule has 9 rings (SSSR count). The highest BCUT2D eigenvalue weighted by molar-refractivity contribution is 6.00. The zero-order chi connectivity index (χ0) is 29.8. The van der Waals surface area contributed by atoms with E-state index in [9.17, 15) is 0 Å². The van der Waals surface area contributed by atoms with E-state index in [1.165, 1.54) is 142 Å². The number of piperidine rings is 2. The first-order valence-electron chi connectivity index (χ1n) is 17.2. The van der Waals surface area contributed by atoms with Crippen LogP contribution in [0.2, 0.25) is 0 Å². The van der Waals surface area contributed by atoms with E-state index >= 15 is 0 Å². The van der Waals surface area contributed by atoms with E-state index in [1.807, 2.05) is 0 Å². The number of anilines is 2. The predicted octanol–water partition coefficient (Wildman–Crippen LogP) is 10.6. The summed E-state index contributed by atoms with van der Waals surface area (Å²) in [6.45, 7) is 14.6. The Kier molecular flexibility index (Phi) is 5.66. The van der Waals surface area contributed by atoms with Crippen molar-refractivity contribution in [1.29, 1.82) is 0 Å². The van der Waals surface area contributed by atoms with E-state index in [1.54, 1.807) is 0 Å². The molecule has 2 saturated heterocycles. The average molecular weight is 577 g/mol. The Morgan fingerprint density at radius 1 is 0.409 bits per heavy atom. The van der Waals surface area contributed by atoms with Crippen LogP contribution in [0.25, 0.3) is 43.8 Å². The first kappa shape index (κ1) is 26.6. The van der Waals surface area contributed by atoms with Gasteiger partial charge in [-0.25, -0.2) is 0 Å². The van der Waals surface area contributed by atoms with Crippen molar-refractivity contribution in [2.75, 3.05) is 36.0 Å². The molecule has 0 N–H and O–H groups in total. The van der Waals surface area contributed by atoms with Crippen LogP contribution >= 0.6 is 0 Å². The second-order valence-corrected chi connectivity index (χ2v) is 15.1. The fourth-order valence-corrected chi connectivity index (χ4v) is 9.37. The van der Waals surface area contributed by atoms with Gasteiger partial charge in [0.25, 0.3) is 0 Å². The van der Waals surface area contributed by atoms with E-state index in [0.29, 0.717) is 0 Å². The number of benzene rings is 5. The highest BCUT2D eigenvalue weighted by Gasteiger charge is 2.46. The Hall–Kier alpha value is -3.78. The number of hydrogen-bond donors (Lipinski definition) is 0. The first-order chi connectivity index (χ1) is 21.3. The van der Waals surface area contributed by atoms with Crippen molar-refractivity contribution < 1.29 is 0 Å². The number of hydrogen-bond acceptors (Lipinski definition) is 2. The Morgan fingerprint density at radius 3 is 1.23 bits per heavy atom. The topological polar surface area (TPSA) is 6.48 Å². The number of rotatable bonds is 2. The van der Waals surface area contributed by atoms with Crippen LogP contribution in [0.3, 0.4) is 0 Å². The van der Waals surface area contributed by atoms with Gasteiger partial charge in [0.2, 0.25) is 0 Å². The van der Waals surface area contributed by atoms with Crippen LogP contribution in [0.4, 0.5) is 11.4 Å². The van der Waals surface area contributed by atoms with E-state index in [-0.39, 0.29) is 10.8 Å². The third-order valence-electron chi connectivity index (χ3n) is 11.7. The molecule has 0 saturated carbocycles. The number of fused-ring (bicyclic) bond motifs is 9. The minimum absolute atomic E-state index is 0.0640. The maximum atomic E-state index is 2.59. The zero-order valence-corrected chi connectivity index (χ0v) is 26.9. The van der Waals surface area contributed by atoms with Crippen LogP contribution in [0, 0.1) is 0 Å². The molecule has 5 aromatic rings. The third kappa shape index (κ3) is 3.73. The molecule has 0 atom stereocenters. The van der Waals surface area contributed by atoms with E-state index in [0.717, 1.165) is 0 Å². The molecule has 2 aliphatic carbocycles. The molecule has 44 heavy (non-hydrogen) atoms. The van der Waals surface area contributed by atoms with Crippen molar-refractivity contribution in [3.63, 3.8) is 0 Å². The average Bonchev–Trinajstić information content (AvgIpc) is 3.41. The fourth-order valence-electron chi connectivity index (χ4n) is 9.37. The summed E-state index contributed by atoms with van der Waals surface area (Å²) in [7, 11) is 0. The molecule has 0 aromatic heterocycles. The van der Waals surface area contributed by atoms with Gasteiger partial charge >= 0.3 is 0 Å². The Bertz CT molecular complexity index is 1840. The second-order valence-electron chi connectivity index (χ2n) is 15.1. The van der Waals surface area contributed by atoms with Crippen LogP contribution < -0.4 is 9.80 Å². The monoisotopic (exact) mass is 576 g/mol. The third-order valence-corrected chi connectivity index (χ3v) is 11.7. The fraction of sp³-hybridized carbons (Fsp3) is 0.381. The molecule has 2 heteroatoms. The Balaban J connectivity index is 1.17. The second kappa shape index (κ2) is 9.36. The minimum atomic E-state index is -0.0640. The first-order valence-corrected chi connectivity index (χ1v) is 17.2. The van der Waals surface area contributed by atoms with Crippen molar-refractivity contribution in [2.45, 2.75) is 77.0 Å². The van der Waals surface area contributed by atoms with Gasteiger partial charge in [-0.05, 0) is 153 Å². The summed E-state index contributed by atoms with van der Waals surface area (Å²) in [6.07, 6.45) is 7.96. The standard InChI is InChI=1S/C42H44N2/c1-41(2)37-25-29-21-31(43-17-7-5-8-18-43)13-11-27(29)23-35(37)33-15-16-34-36-24-28-12-14-32(44-19-9-6-10-20-44)22-30(28)26-38(36)42(3,4)40(34)39(33)41/h11-16,21-26H,5-10,17-20H2,1-4H3. The molecule has 2 heterocycles. The zero-order valence-electron chi connectivity index (χ0n) is 26.9. The van der Waals surface area contributed by atoms with Crippen molar-refractivity contribution in [3.05, 3.63) is 95.1 Å². The van der Waals surface area contributed by atoms with E-state index < -0.39 is 0 Å². The summed E-state index contributed by atoms with van der Waals surface area (Å²) >= 11 is 0. The minimum Gasteiger partial charge on any atom is -0.372 e. The van der Waals surface area contributed by atoms with Crippen LogP contribution in [-0.4, -0.2) is 26.2 Å². The number of nitrogens with zero attached hydrogens (tertiary/aromatic N) is 2. The van der Waals surface area contributed by atoms with Gasteiger partial charge in [0.15, 0.2) is 0 Å². The molecule has 222 valence electrons. The van der Waals surface area contributed by atoms with Crippen molar-refractivity contribution in [2.24, 2.45) is 0 Å². The quantitative estimate of drug-likeness (QED) is 0.206.